The summed E-state index contributed by atoms with van der Waals surface area (Å²) in [6, 6.07) is -0.395. The number of nitrogens with zero attached hydrogens (tertiary/aromatic N) is 3. The van der Waals surface area contributed by atoms with Crippen molar-refractivity contribution in [3.63, 3.8) is 0 Å². The van der Waals surface area contributed by atoms with Crippen LogP contribution in [0, 0.1) is 0 Å². The van der Waals surface area contributed by atoms with Crippen molar-refractivity contribution < 1.29 is 8.42 Å². The van der Waals surface area contributed by atoms with Gasteiger partial charge >= 0.3 is 0 Å². The Morgan fingerprint density at radius 1 is 1.30 bits per heavy atom. The molecule has 108 valence electrons. The highest BCUT2D eigenvalue weighted by molar-refractivity contribution is 7.89. The van der Waals surface area contributed by atoms with Crippen LogP contribution in [0.25, 0.3) is 0 Å². The summed E-state index contributed by atoms with van der Waals surface area (Å²) in [5.74, 6) is 0.402. The molecule has 2 heterocycles. The van der Waals surface area contributed by atoms with Gasteiger partial charge in [0.1, 0.15) is 9.90 Å². The average Bonchev–Trinajstić information content (AvgIpc) is 2.93. The Hall–Kier alpha value is -1.58. The standard InChI is InChI=1S/C11H15N5O2S2/c1-3-12-11-14-6-9(7-15-11)20(17,18)16-8(2)10-13-4-5-19-10/h4-8,16H,3H2,1-2H3,(H,12,14,15). The molecule has 0 saturated heterocycles. The average molecular weight is 313 g/mol. The van der Waals surface area contributed by atoms with Gasteiger partial charge in [-0.2, -0.15) is 0 Å². The Labute approximate surface area is 121 Å². The molecule has 0 aliphatic carbocycles. The molecule has 7 nitrogen and oxygen atoms in total. The fourth-order valence-corrected chi connectivity index (χ4v) is 3.32. The Balaban J connectivity index is 2.13. The van der Waals surface area contributed by atoms with E-state index in [2.05, 4.69) is 25.0 Å². The van der Waals surface area contributed by atoms with E-state index in [1.54, 1.807) is 18.5 Å². The second kappa shape index (κ2) is 6.25. The zero-order chi connectivity index (χ0) is 14.6. The number of rotatable bonds is 6. The molecule has 0 aliphatic rings. The second-order valence-corrected chi connectivity index (χ2v) is 6.63. The monoisotopic (exact) mass is 313 g/mol. The molecule has 9 heteroatoms. The first-order valence-corrected chi connectivity index (χ1v) is 8.37. The van der Waals surface area contributed by atoms with E-state index in [1.165, 1.54) is 23.7 Å². The van der Waals surface area contributed by atoms with Crippen molar-refractivity contribution in [2.75, 3.05) is 11.9 Å². The maximum atomic E-state index is 12.2. The molecule has 2 N–H and O–H groups in total. The van der Waals surface area contributed by atoms with Crippen LogP contribution in [0.2, 0.25) is 0 Å². The minimum absolute atomic E-state index is 0.0301. The van der Waals surface area contributed by atoms with E-state index in [4.69, 9.17) is 0 Å². The largest absolute Gasteiger partial charge is 0.355 e. The Morgan fingerprint density at radius 3 is 2.55 bits per heavy atom. The quantitative estimate of drug-likeness (QED) is 0.837. The highest BCUT2D eigenvalue weighted by Gasteiger charge is 2.20. The third kappa shape index (κ3) is 3.50. The fraction of sp³-hybridized carbons (Fsp3) is 0.364. The van der Waals surface area contributed by atoms with Gasteiger partial charge in [0.2, 0.25) is 16.0 Å². The van der Waals surface area contributed by atoms with Crippen molar-refractivity contribution in [2.45, 2.75) is 24.8 Å². The van der Waals surface area contributed by atoms with E-state index in [-0.39, 0.29) is 4.90 Å². The normalized spacial score (nSPS) is 13.1. The van der Waals surface area contributed by atoms with Gasteiger partial charge in [-0.05, 0) is 13.8 Å². The van der Waals surface area contributed by atoms with E-state index in [1.807, 2.05) is 6.92 Å². The molecule has 0 spiro atoms. The number of aromatic nitrogens is 3. The minimum atomic E-state index is -3.65. The SMILES string of the molecule is CCNc1ncc(S(=O)(=O)NC(C)c2nccs2)cn1. The number of anilines is 1. The molecule has 2 aromatic heterocycles. The van der Waals surface area contributed by atoms with Crippen LogP contribution in [0.1, 0.15) is 24.9 Å². The van der Waals surface area contributed by atoms with Gasteiger partial charge in [0.15, 0.2) is 0 Å². The molecule has 2 rings (SSSR count). The number of hydrogen-bond acceptors (Lipinski definition) is 7. The molecule has 0 aromatic carbocycles. The lowest BCUT2D eigenvalue weighted by molar-refractivity contribution is 0.565. The minimum Gasteiger partial charge on any atom is -0.355 e. The van der Waals surface area contributed by atoms with Crippen molar-refractivity contribution in [1.82, 2.24) is 19.7 Å². The fourth-order valence-electron chi connectivity index (χ4n) is 1.50. The number of thiazole rings is 1. The summed E-state index contributed by atoms with van der Waals surface area (Å²) in [5.41, 5.74) is 0. The van der Waals surface area contributed by atoms with Gasteiger partial charge in [0, 0.05) is 18.1 Å². The van der Waals surface area contributed by atoms with Crippen molar-refractivity contribution in [3.05, 3.63) is 29.0 Å². The molecular weight excluding hydrogens is 298 g/mol. The lowest BCUT2D eigenvalue weighted by Crippen LogP contribution is -2.27. The number of nitrogens with one attached hydrogen (secondary N) is 2. The molecule has 0 radical (unpaired) electrons. The van der Waals surface area contributed by atoms with Crippen molar-refractivity contribution in [2.24, 2.45) is 0 Å². The Morgan fingerprint density at radius 2 is 2.00 bits per heavy atom. The van der Waals surface area contributed by atoms with Gasteiger partial charge in [-0.1, -0.05) is 0 Å². The zero-order valence-corrected chi connectivity index (χ0v) is 12.7. The summed E-state index contributed by atoms with van der Waals surface area (Å²) in [7, 11) is -3.65. The van der Waals surface area contributed by atoms with Crippen LogP contribution in [0.4, 0.5) is 5.95 Å². The first kappa shape index (κ1) is 14.8. The molecule has 1 atom stereocenters. The van der Waals surface area contributed by atoms with Gasteiger partial charge in [-0.15, -0.1) is 11.3 Å². The molecule has 0 bridgehead atoms. The van der Waals surface area contributed by atoms with Crippen molar-refractivity contribution in [1.29, 1.82) is 0 Å². The summed E-state index contributed by atoms with van der Waals surface area (Å²) >= 11 is 1.40. The Bertz CT molecular complexity index is 640. The summed E-state index contributed by atoms with van der Waals surface area (Å²) < 4.78 is 26.9. The first-order valence-electron chi connectivity index (χ1n) is 6.00. The maximum absolute atomic E-state index is 12.2. The van der Waals surface area contributed by atoms with Gasteiger partial charge in [0.25, 0.3) is 0 Å². The van der Waals surface area contributed by atoms with E-state index in [9.17, 15) is 8.42 Å². The topological polar surface area (TPSA) is 96.9 Å². The zero-order valence-electron chi connectivity index (χ0n) is 11.1. The van der Waals surface area contributed by atoms with Crippen LogP contribution in [0.5, 0.6) is 0 Å². The van der Waals surface area contributed by atoms with Gasteiger partial charge in [-0.3, -0.25) is 0 Å². The Kier molecular flexibility index (Phi) is 4.63. The van der Waals surface area contributed by atoms with Crippen LogP contribution in [-0.2, 0) is 10.0 Å². The van der Waals surface area contributed by atoms with E-state index in [0.29, 0.717) is 17.5 Å². The summed E-state index contributed by atoms with van der Waals surface area (Å²) in [4.78, 5) is 12.0. The predicted molar refractivity (Wildman–Crippen MR) is 77.0 cm³/mol. The predicted octanol–water partition coefficient (Wildman–Crippen LogP) is 1.40. The maximum Gasteiger partial charge on any atom is 0.244 e. The molecular formula is C11H15N5O2S2. The van der Waals surface area contributed by atoms with Crippen molar-refractivity contribution in [3.8, 4) is 0 Å². The van der Waals surface area contributed by atoms with Gasteiger partial charge in [0.05, 0.1) is 18.4 Å². The lowest BCUT2D eigenvalue weighted by Gasteiger charge is -2.11. The summed E-state index contributed by atoms with van der Waals surface area (Å²) in [6.45, 7) is 4.32. The summed E-state index contributed by atoms with van der Waals surface area (Å²) in [5, 5.41) is 5.41. The first-order chi connectivity index (χ1) is 9.53. The van der Waals surface area contributed by atoms with Crippen LogP contribution < -0.4 is 10.0 Å². The molecule has 0 amide bonds. The molecule has 2 aromatic rings. The number of sulfonamides is 1. The van der Waals surface area contributed by atoms with Gasteiger partial charge < -0.3 is 5.32 Å². The summed E-state index contributed by atoms with van der Waals surface area (Å²) in [6.07, 6.45) is 4.20. The smallest absolute Gasteiger partial charge is 0.244 e. The van der Waals surface area contributed by atoms with Crippen LogP contribution >= 0.6 is 11.3 Å². The third-order valence-electron chi connectivity index (χ3n) is 2.43. The van der Waals surface area contributed by atoms with Crippen LogP contribution in [0.15, 0.2) is 28.9 Å². The van der Waals surface area contributed by atoms with Gasteiger partial charge in [-0.25, -0.2) is 28.1 Å². The molecule has 20 heavy (non-hydrogen) atoms. The molecule has 0 aliphatic heterocycles. The van der Waals surface area contributed by atoms with Crippen molar-refractivity contribution >= 4 is 27.3 Å². The second-order valence-electron chi connectivity index (χ2n) is 3.99. The van der Waals surface area contributed by atoms with E-state index >= 15 is 0 Å². The number of hydrogen-bond donors (Lipinski definition) is 2. The van der Waals surface area contributed by atoms with Crippen LogP contribution in [0.3, 0.4) is 0 Å². The third-order valence-corrected chi connectivity index (χ3v) is 4.88. The molecule has 1 unspecified atom stereocenters. The highest BCUT2D eigenvalue weighted by Crippen LogP contribution is 2.18. The molecule has 0 fully saturated rings. The van der Waals surface area contributed by atoms with E-state index < -0.39 is 16.1 Å². The molecule has 0 saturated carbocycles. The van der Waals surface area contributed by atoms with E-state index in [0.717, 1.165) is 0 Å². The highest BCUT2D eigenvalue weighted by atomic mass is 32.2. The lowest BCUT2D eigenvalue weighted by atomic mass is 10.4. The van der Waals surface area contributed by atoms with Crippen LogP contribution in [-0.4, -0.2) is 29.9 Å².